The number of rotatable bonds is 4. The summed E-state index contributed by atoms with van der Waals surface area (Å²) in [6, 6.07) is -0.532. The average Bonchev–Trinajstić information content (AvgIpc) is 2.18. The van der Waals surface area contributed by atoms with Crippen LogP contribution in [0.1, 0.15) is 6.42 Å². The number of hydrogen-bond acceptors (Lipinski definition) is 4. The largest absolute Gasteiger partial charge is 0.465 e. The molecule has 0 bridgehead atoms. The number of morpholine rings is 1. The highest BCUT2D eigenvalue weighted by Gasteiger charge is 2.24. The van der Waals surface area contributed by atoms with Crippen molar-refractivity contribution in [3.63, 3.8) is 0 Å². The van der Waals surface area contributed by atoms with E-state index in [0.717, 1.165) is 0 Å². The first-order chi connectivity index (χ1) is 6.74. The molecule has 2 unspecified atom stereocenters. The number of aldehydes is 1. The van der Waals surface area contributed by atoms with Gasteiger partial charge in [-0.3, -0.25) is 0 Å². The molecule has 1 amide bonds. The lowest BCUT2D eigenvalue weighted by Crippen LogP contribution is -2.55. The number of carbonyl (C=O) groups excluding carboxylic acids is 1. The maximum absolute atomic E-state index is 10.4. The molecule has 0 saturated carbocycles. The average molecular weight is 202 g/mol. The van der Waals surface area contributed by atoms with E-state index in [1.165, 1.54) is 0 Å². The number of nitrogens with one attached hydrogen (secondary N) is 2. The topological polar surface area (TPSA) is 87.7 Å². The fourth-order valence-corrected chi connectivity index (χ4v) is 1.43. The molecule has 0 aromatic heterocycles. The molecule has 14 heavy (non-hydrogen) atoms. The van der Waals surface area contributed by atoms with Crippen molar-refractivity contribution >= 4 is 12.4 Å². The Bertz CT molecular complexity index is 204. The van der Waals surface area contributed by atoms with E-state index in [9.17, 15) is 9.59 Å². The molecule has 0 aromatic carbocycles. The van der Waals surface area contributed by atoms with Gasteiger partial charge in [0.15, 0.2) is 0 Å². The minimum absolute atomic E-state index is 0.120. The van der Waals surface area contributed by atoms with Crippen LogP contribution in [0.3, 0.4) is 0 Å². The first-order valence-corrected chi connectivity index (χ1v) is 4.48. The van der Waals surface area contributed by atoms with Crippen LogP contribution in [0.4, 0.5) is 4.79 Å². The van der Waals surface area contributed by atoms with Crippen molar-refractivity contribution in [2.24, 2.45) is 0 Å². The fourth-order valence-electron chi connectivity index (χ4n) is 1.43. The van der Waals surface area contributed by atoms with E-state index in [2.05, 4.69) is 10.6 Å². The summed E-state index contributed by atoms with van der Waals surface area (Å²) < 4.78 is 5.18. The third kappa shape index (κ3) is 3.31. The van der Waals surface area contributed by atoms with Crippen LogP contribution in [0, 0.1) is 0 Å². The molecule has 1 fully saturated rings. The van der Waals surface area contributed by atoms with Gasteiger partial charge in [0.05, 0.1) is 25.3 Å². The summed E-state index contributed by atoms with van der Waals surface area (Å²) in [5.74, 6) is 0. The van der Waals surface area contributed by atoms with Crippen LogP contribution in [-0.2, 0) is 9.53 Å². The van der Waals surface area contributed by atoms with Gasteiger partial charge in [0.1, 0.15) is 6.29 Å². The van der Waals surface area contributed by atoms with E-state index in [-0.39, 0.29) is 12.5 Å². The normalized spacial score (nSPS) is 23.9. The van der Waals surface area contributed by atoms with Gasteiger partial charge in [-0.25, -0.2) is 4.79 Å². The smallest absolute Gasteiger partial charge is 0.404 e. The van der Waals surface area contributed by atoms with E-state index in [1.54, 1.807) is 0 Å². The first kappa shape index (κ1) is 10.9. The molecule has 6 nitrogen and oxygen atoms in total. The lowest BCUT2D eigenvalue weighted by Gasteiger charge is -2.30. The molecule has 1 saturated heterocycles. The van der Waals surface area contributed by atoms with Crippen molar-refractivity contribution in [1.82, 2.24) is 10.6 Å². The second-order valence-corrected chi connectivity index (χ2v) is 3.09. The van der Waals surface area contributed by atoms with Gasteiger partial charge in [-0.15, -0.1) is 0 Å². The zero-order valence-corrected chi connectivity index (χ0v) is 7.73. The molecular formula is C8H14N2O4. The van der Waals surface area contributed by atoms with Gasteiger partial charge in [0.2, 0.25) is 0 Å². The second-order valence-electron chi connectivity index (χ2n) is 3.09. The SMILES string of the molecule is O=CCC(NC(=O)O)C1COCCN1. The van der Waals surface area contributed by atoms with Crippen molar-refractivity contribution in [3.05, 3.63) is 0 Å². The molecule has 1 aliphatic rings. The predicted molar refractivity (Wildman–Crippen MR) is 48.2 cm³/mol. The number of carboxylic acid groups (broad SMARTS) is 1. The summed E-state index contributed by atoms with van der Waals surface area (Å²) in [5.41, 5.74) is 0. The van der Waals surface area contributed by atoms with Crippen LogP contribution in [0.5, 0.6) is 0 Å². The standard InChI is InChI=1S/C8H14N2O4/c11-3-1-6(10-8(12)13)7-5-14-4-2-9-7/h3,6-7,9-10H,1-2,4-5H2,(H,12,13). The molecule has 80 valence electrons. The van der Waals surface area contributed by atoms with Crippen molar-refractivity contribution in [2.75, 3.05) is 19.8 Å². The van der Waals surface area contributed by atoms with Gasteiger partial charge in [-0.1, -0.05) is 0 Å². The van der Waals surface area contributed by atoms with Crippen molar-refractivity contribution in [3.8, 4) is 0 Å². The number of amides is 1. The summed E-state index contributed by atoms with van der Waals surface area (Å²) in [6.07, 6.45) is -0.256. The minimum atomic E-state index is -1.12. The van der Waals surface area contributed by atoms with Gasteiger partial charge in [0, 0.05) is 13.0 Å². The Hall–Kier alpha value is -1.14. The van der Waals surface area contributed by atoms with E-state index < -0.39 is 12.1 Å². The minimum Gasteiger partial charge on any atom is -0.465 e. The van der Waals surface area contributed by atoms with Crippen molar-refractivity contribution < 1.29 is 19.4 Å². The van der Waals surface area contributed by atoms with Gasteiger partial charge in [-0.05, 0) is 0 Å². The predicted octanol–water partition coefficient (Wildman–Crippen LogP) is -0.800. The molecule has 0 radical (unpaired) electrons. The van der Waals surface area contributed by atoms with Crippen LogP contribution >= 0.6 is 0 Å². The summed E-state index contributed by atoms with van der Waals surface area (Å²) in [7, 11) is 0. The van der Waals surface area contributed by atoms with E-state index in [0.29, 0.717) is 26.0 Å². The van der Waals surface area contributed by atoms with Crippen LogP contribution in [0.15, 0.2) is 0 Å². The summed E-state index contributed by atoms with van der Waals surface area (Å²) in [6.45, 7) is 1.73. The molecule has 3 N–H and O–H groups in total. The molecule has 0 aliphatic carbocycles. The fraction of sp³-hybridized carbons (Fsp3) is 0.750. The highest BCUT2D eigenvalue weighted by molar-refractivity contribution is 5.66. The zero-order valence-electron chi connectivity index (χ0n) is 7.73. The Morgan fingerprint density at radius 1 is 1.79 bits per heavy atom. The molecule has 1 heterocycles. The molecule has 6 heteroatoms. The van der Waals surface area contributed by atoms with Crippen LogP contribution in [0.25, 0.3) is 0 Å². The Labute approximate surface area is 81.6 Å². The molecule has 1 rings (SSSR count). The zero-order chi connectivity index (χ0) is 10.4. The molecule has 0 aromatic rings. The van der Waals surface area contributed by atoms with Crippen molar-refractivity contribution in [2.45, 2.75) is 18.5 Å². The monoisotopic (exact) mass is 202 g/mol. The maximum atomic E-state index is 10.4. The summed E-state index contributed by atoms with van der Waals surface area (Å²) in [4.78, 5) is 20.8. The van der Waals surface area contributed by atoms with Gasteiger partial charge >= 0.3 is 6.09 Å². The van der Waals surface area contributed by atoms with Gasteiger partial charge in [0.25, 0.3) is 0 Å². The Balaban J connectivity index is 2.46. The van der Waals surface area contributed by atoms with E-state index in [1.807, 2.05) is 0 Å². The third-order valence-corrected chi connectivity index (χ3v) is 2.10. The van der Waals surface area contributed by atoms with Crippen molar-refractivity contribution in [1.29, 1.82) is 0 Å². The molecule has 0 spiro atoms. The molecule has 2 atom stereocenters. The molecule has 1 aliphatic heterocycles. The number of carbonyl (C=O) groups is 2. The van der Waals surface area contributed by atoms with Gasteiger partial charge in [-0.2, -0.15) is 0 Å². The lowest BCUT2D eigenvalue weighted by molar-refractivity contribution is -0.108. The first-order valence-electron chi connectivity index (χ1n) is 4.48. The van der Waals surface area contributed by atoms with E-state index >= 15 is 0 Å². The Kier molecular flexibility index (Phi) is 4.34. The quantitative estimate of drug-likeness (QED) is 0.519. The lowest BCUT2D eigenvalue weighted by atomic mass is 10.1. The third-order valence-electron chi connectivity index (χ3n) is 2.10. The number of ether oxygens (including phenoxy) is 1. The van der Waals surface area contributed by atoms with Gasteiger partial charge < -0.3 is 25.3 Å². The molecular weight excluding hydrogens is 188 g/mol. The Morgan fingerprint density at radius 3 is 3.07 bits per heavy atom. The van der Waals surface area contributed by atoms with E-state index in [4.69, 9.17) is 9.84 Å². The van der Waals surface area contributed by atoms with Crippen LogP contribution in [0.2, 0.25) is 0 Å². The van der Waals surface area contributed by atoms with Crippen LogP contribution in [-0.4, -0.2) is 49.3 Å². The summed E-state index contributed by atoms with van der Waals surface area (Å²) in [5, 5.41) is 13.9. The highest BCUT2D eigenvalue weighted by Crippen LogP contribution is 2.02. The number of hydrogen-bond donors (Lipinski definition) is 3. The Morgan fingerprint density at radius 2 is 2.57 bits per heavy atom. The summed E-state index contributed by atoms with van der Waals surface area (Å²) >= 11 is 0. The van der Waals surface area contributed by atoms with Crippen LogP contribution < -0.4 is 10.6 Å². The second kappa shape index (κ2) is 5.56. The highest BCUT2D eigenvalue weighted by atomic mass is 16.5. The maximum Gasteiger partial charge on any atom is 0.404 e.